The van der Waals surface area contributed by atoms with Crippen molar-refractivity contribution < 1.29 is 9.18 Å². The van der Waals surface area contributed by atoms with Crippen LogP contribution in [0.2, 0.25) is 0 Å². The largest absolute Gasteiger partial charge is 0.311 e. The average Bonchev–Trinajstić information content (AvgIpc) is 2.91. The fourth-order valence-electron chi connectivity index (χ4n) is 2.83. The van der Waals surface area contributed by atoms with Crippen LogP contribution in [0.3, 0.4) is 0 Å². The number of ketones is 1. The van der Waals surface area contributed by atoms with E-state index in [2.05, 4.69) is 0 Å². The highest BCUT2D eigenvalue weighted by molar-refractivity contribution is 6.10. The van der Waals surface area contributed by atoms with Crippen LogP contribution in [0.25, 0.3) is 16.3 Å². The van der Waals surface area contributed by atoms with E-state index in [0.717, 1.165) is 10.8 Å². The summed E-state index contributed by atoms with van der Waals surface area (Å²) in [6.45, 7) is 0. The highest BCUT2D eigenvalue weighted by Crippen LogP contribution is 2.25. The Morgan fingerprint density at radius 3 is 2.45 bits per heavy atom. The van der Waals surface area contributed by atoms with Crippen LogP contribution in [0.5, 0.6) is 0 Å². The quantitative estimate of drug-likeness (QED) is 0.499. The van der Waals surface area contributed by atoms with Crippen molar-refractivity contribution in [2.24, 2.45) is 0 Å². The zero-order chi connectivity index (χ0) is 15.1. The van der Waals surface area contributed by atoms with E-state index in [0.29, 0.717) is 11.1 Å². The highest BCUT2D eigenvalue weighted by Gasteiger charge is 2.20. The first-order chi connectivity index (χ1) is 10.8. The first-order valence-corrected chi connectivity index (χ1v) is 7.04. The molecule has 2 aromatic heterocycles. The van der Waals surface area contributed by atoms with Crippen LogP contribution >= 0.6 is 0 Å². The maximum absolute atomic E-state index is 14.4. The molecule has 0 spiro atoms. The number of rotatable bonds is 2. The fraction of sp³-hybridized carbons (Fsp3) is 0. The molecule has 2 heterocycles. The van der Waals surface area contributed by atoms with E-state index in [4.69, 9.17) is 0 Å². The Kier molecular flexibility index (Phi) is 2.79. The topological polar surface area (TPSA) is 21.5 Å². The van der Waals surface area contributed by atoms with Crippen molar-refractivity contribution >= 4 is 22.1 Å². The van der Waals surface area contributed by atoms with Gasteiger partial charge in [0.2, 0.25) is 5.78 Å². The van der Waals surface area contributed by atoms with E-state index >= 15 is 0 Å². The summed E-state index contributed by atoms with van der Waals surface area (Å²) >= 11 is 0. The van der Waals surface area contributed by atoms with Crippen LogP contribution in [0.4, 0.5) is 4.39 Å². The summed E-state index contributed by atoms with van der Waals surface area (Å²) in [6.07, 6.45) is 1.75. The molecular formula is C19H12FNO. The number of nitrogens with zero attached hydrogens (tertiary/aromatic N) is 1. The van der Waals surface area contributed by atoms with Crippen molar-refractivity contribution in [3.63, 3.8) is 0 Å². The molecule has 2 nitrogen and oxygen atoms in total. The standard InChI is InChI=1S/C19H12FNO/c20-16-12-17-15-9-5-4-6-13(15)10-11-21(17)18(16)19(22)14-7-2-1-3-8-14/h1-12H. The summed E-state index contributed by atoms with van der Waals surface area (Å²) < 4.78 is 16.1. The first kappa shape index (κ1) is 12.8. The van der Waals surface area contributed by atoms with Gasteiger partial charge in [-0.2, -0.15) is 0 Å². The van der Waals surface area contributed by atoms with E-state index in [1.54, 1.807) is 34.9 Å². The smallest absolute Gasteiger partial charge is 0.212 e. The molecule has 0 unspecified atom stereocenters. The van der Waals surface area contributed by atoms with Gasteiger partial charge >= 0.3 is 0 Å². The number of pyridine rings is 1. The number of carbonyl (C=O) groups is 1. The second-order valence-corrected chi connectivity index (χ2v) is 5.19. The van der Waals surface area contributed by atoms with Gasteiger partial charge in [0.25, 0.3) is 0 Å². The second kappa shape index (κ2) is 4.81. The van der Waals surface area contributed by atoms with Crippen LogP contribution in [0.15, 0.2) is 72.9 Å². The van der Waals surface area contributed by atoms with Gasteiger partial charge in [0.1, 0.15) is 5.69 Å². The number of halogens is 1. The van der Waals surface area contributed by atoms with Crippen LogP contribution in [0, 0.1) is 5.82 Å². The molecule has 4 rings (SSSR count). The van der Waals surface area contributed by atoms with E-state index in [1.807, 2.05) is 36.4 Å². The molecule has 0 aliphatic carbocycles. The summed E-state index contributed by atoms with van der Waals surface area (Å²) in [4.78, 5) is 12.6. The van der Waals surface area contributed by atoms with Crippen molar-refractivity contribution in [2.45, 2.75) is 0 Å². The molecular weight excluding hydrogens is 277 g/mol. The molecule has 0 N–H and O–H groups in total. The minimum absolute atomic E-state index is 0.0759. The SMILES string of the molecule is O=C(c1ccccc1)c1c(F)cc2c3ccccc3ccn12. The lowest BCUT2D eigenvalue weighted by molar-refractivity contribution is 0.103. The molecule has 0 saturated carbocycles. The Labute approximate surface area is 126 Å². The molecule has 0 fully saturated rings. The van der Waals surface area contributed by atoms with E-state index in [-0.39, 0.29) is 11.5 Å². The highest BCUT2D eigenvalue weighted by atomic mass is 19.1. The van der Waals surface area contributed by atoms with Gasteiger partial charge in [0, 0.05) is 23.2 Å². The first-order valence-electron chi connectivity index (χ1n) is 7.04. The Morgan fingerprint density at radius 2 is 1.64 bits per heavy atom. The molecule has 0 radical (unpaired) electrons. The summed E-state index contributed by atoms with van der Waals surface area (Å²) in [7, 11) is 0. The number of hydrogen-bond acceptors (Lipinski definition) is 1. The third-order valence-corrected chi connectivity index (χ3v) is 3.88. The minimum Gasteiger partial charge on any atom is -0.311 e. The Hall–Kier alpha value is -2.94. The van der Waals surface area contributed by atoms with Gasteiger partial charge in [-0.05, 0) is 11.5 Å². The maximum atomic E-state index is 14.4. The normalized spacial score (nSPS) is 11.1. The molecule has 0 bridgehead atoms. The van der Waals surface area contributed by atoms with Gasteiger partial charge in [-0.1, -0.05) is 54.6 Å². The molecule has 0 aliphatic rings. The third-order valence-electron chi connectivity index (χ3n) is 3.88. The van der Waals surface area contributed by atoms with Gasteiger partial charge in [0.15, 0.2) is 5.82 Å². The minimum atomic E-state index is -0.495. The summed E-state index contributed by atoms with van der Waals surface area (Å²) in [5.41, 5.74) is 1.26. The van der Waals surface area contributed by atoms with Gasteiger partial charge in [-0.15, -0.1) is 0 Å². The summed E-state index contributed by atoms with van der Waals surface area (Å²) in [6, 6.07) is 19.8. The fourth-order valence-corrected chi connectivity index (χ4v) is 2.83. The Bertz CT molecular complexity index is 1000. The monoisotopic (exact) mass is 289 g/mol. The molecule has 0 aliphatic heterocycles. The van der Waals surface area contributed by atoms with E-state index in [9.17, 15) is 9.18 Å². The molecule has 0 saturated heterocycles. The zero-order valence-electron chi connectivity index (χ0n) is 11.7. The number of benzene rings is 2. The van der Waals surface area contributed by atoms with Gasteiger partial charge < -0.3 is 4.40 Å². The van der Waals surface area contributed by atoms with Gasteiger partial charge in [-0.3, -0.25) is 4.79 Å². The lowest BCUT2D eigenvalue weighted by atomic mass is 10.1. The lowest BCUT2D eigenvalue weighted by Gasteiger charge is -2.05. The molecule has 106 valence electrons. The Morgan fingerprint density at radius 1 is 0.909 bits per heavy atom. The van der Waals surface area contributed by atoms with Gasteiger partial charge in [-0.25, -0.2) is 4.39 Å². The molecule has 3 heteroatoms. The summed E-state index contributed by atoms with van der Waals surface area (Å²) in [5.74, 6) is -0.807. The molecule has 0 amide bonds. The maximum Gasteiger partial charge on any atom is 0.212 e. The second-order valence-electron chi connectivity index (χ2n) is 5.19. The summed E-state index contributed by atoms with van der Waals surface area (Å²) in [5, 5.41) is 1.95. The number of carbonyl (C=O) groups excluding carboxylic acids is 1. The molecule has 4 aromatic rings. The van der Waals surface area contributed by atoms with E-state index in [1.165, 1.54) is 6.07 Å². The van der Waals surface area contributed by atoms with E-state index < -0.39 is 5.82 Å². The van der Waals surface area contributed by atoms with Crippen LogP contribution in [-0.2, 0) is 0 Å². The van der Waals surface area contributed by atoms with Crippen molar-refractivity contribution in [3.05, 3.63) is 90.0 Å². The van der Waals surface area contributed by atoms with Crippen molar-refractivity contribution in [2.75, 3.05) is 0 Å². The number of aromatic nitrogens is 1. The zero-order valence-corrected chi connectivity index (χ0v) is 11.7. The van der Waals surface area contributed by atoms with Crippen LogP contribution < -0.4 is 0 Å². The molecule has 0 atom stereocenters. The average molecular weight is 289 g/mol. The van der Waals surface area contributed by atoms with Crippen LogP contribution in [-0.4, -0.2) is 10.2 Å². The lowest BCUT2D eigenvalue weighted by Crippen LogP contribution is -2.07. The predicted molar refractivity (Wildman–Crippen MR) is 84.7 cm³/mol. The van der Waals surface area contributed by atoms with Gasteiger partial charge in [0.05, 0.1) is 5.52 Å². The van der Waals surface area contributed by atoms with Crippen molar-refractivity contribution in [3.8, 4) is 0 Å². The van der Waals surface area contributed by atoms with Crippen molar-refractivity contribution in [1.29, 1.82) is 0 Å². The molecule has 22 heavy (non-hydrogen) atoms. The van der Waals surface area contributed by atoms with Crippen molar-refractivity contribution in [1.82, 2.24) is 4.40 Å². The van der Waals surface area contributed by atoms with Crippen LogP contribution in [0.1, 0.15) is 16.1 Å². The molecule has 2 aromatic carbocycles. The Balaban J connectivity index is 2.01. The number of hydrogen-bond donors (Lipinski definition) is 0. The predicted octanol–water partition coefficient (Wildman–Crippen LogP) is 4.46. The number of fused-ring (bicyclic) bond motifs is 3. The third kappa shape index (κ3) is 1.83.